The molecule has 2 heterocycles. The van der Waals surface area contributed by atoms with Crippen molar-refractivity contribution in [2.45, 2.75) is 19.9 Å². The third-order valence-electron chi connectivity index (χ3n) is 5.21. The Bertz CT molecular complexity index is 1440. The van der Waals surface area contributed by atoms with Crippen molar-refractivity contribution in [3.8, 4) is 11.5 Å². The van der Waals surface area contributed by atoms with Crippen molar-refractivity contribution in [1.29, 1.82) is 0 Å². The Morgan fingerprint density at radius 2 is 2.03 bits per heavy atom. The van der Waals surface area contributed by atoms with Crippen molar-refractivity contribution in [3.05, 3.63) is 89.0 Å². The summed E-state index contributed by atoms with van der Waals surface area (Å²) in [4.78, 5) is 31.3. The van der Waals surface area contributed by atoms with Crippen molar-refractivity contribution < 1.29 is 19.4 Å². The number of fused-ring (bicyclic) bond motifs is 1. The van der Waals surface area contributed by atoms with Crippen LogP contribution in [-0.2, 0) is 9.53 Å². The minimum atomic E-state index is -0.653. The number of allylic oxidation sites excluding steroid dienone is 1. The molecule has 1 atom stereocenters. The summed E-state index contributed by atoms with van der Waals surface area (Å²) in [7, 11) is 1.31. The highest BCUT2D eigenvalue weighted by Crippen LogP contribution is 2.33. The largest absolute Gasteiger partial charge is 0.504 e. The number of rotatable bonds is 5. The first-order valence-electron chi connectivity index (χ1n) is 10.2. The number of hydrogen-bond donors (Lipinski definition) is 1. The first-order chi connectivity index (χ1) is 15.8. The van der Waals surface area contributed by atoms with Crippen LogP contribution in [-0.4, -0.2) is 29.4 Å². The van der Waals surface area contributed by atoms with E-state index in [4.69, 9.17) is 9.47 Å². The van der Waals surface area contributed by atoms with Gasteiger partial charge in [-0.1, -0.05) is 57.6 Å². The molecule has 0 spiro atoms. The van der Waals surface area contributed by atoms with Gasteiger partial charge < -0.3 is 14.6 Å². The highest BCUT2D eigenvalue weighted by molar-refractivity contribution is 9.10. The molecule has 1 aliphatic rings. The van der Waals surface area contributed by atoms with E-state index in [0.717, 1.165) is 5.56 Å². The van der Waals surface area contributed by atoms with Crippen LogP contribution in [0, 0.1) is 0 Å². The number of carbonyl (C=O) groups is 1. The van der Waals surface area contributed by atoms with Gasteiger partial charge in [0.15, 0.2) is 16.3 Å². The van der Waals surface area contributed by atoms with Crippen molar-refractivity contribution in [2.24, 2.45) is 4.99 Å². The Labute approximate surface area is 202 Å². The molecule has 1 aromatic heterocycles. The number of benzene rings is 2. The summed E-state index contributed by atoms with van der Waals surface area (Å²) in [5.74, 6) is -0.197. The molecule has 1 N–H and O–H groups in total. The third kappa shape index (κ3) is 4.26. The number of aromatic nitrogens is 1. The number of carbonyl (C=O) groups excluding carboxylic acids is 1. The summed E-state index contributed by atoms with van der Waals surface area (Å²) in [5, 5.41) is 10.1. The maximum atomic E-state index is 13.6. The zero-order valence-corrected chi connectivity index (χ0v) is 20.6. The number of phenolic OH excluding ortho intramolecular Hbond substituents is 1. The predicted molar refractivity (Wildman–Crippen MR) is 129 cm³/mol. The monoisotopic (exact) mass is 528 g/mol. The topological polar surface area (TPSA) is 90.1 Å². The van der Waals surface area contributed by atoms with Gasteiger partial charge in [0.1, 0.15) is 0 Å². The molecule has 0 saturated carbocycles. The number of phenols is 1. The number of ether oxygens (including phenoxy) is 2. The molecule has 3 aromatic rings. The molecule has 0 radical (unpaired) electrons. The van der Waals surface area contributed by atoms with E-state index in [0.29, 0.717) is 43.0 Å². The minimum Gasteiger partial charge on any atom is -0.504 e. The van der Waals surface area contributed by atoms with Crippen LogP contribution in [0.25, 0.3) is 6.08 Å². The summed E-state index contributed by atoms with van der Waals surface area (Å²) in [6, 6.07) is 11.9. The average molecular weight is 529 g/mol. The highest BCUT2D eigenvalue weighted by Gasteiger charge is 2.32. The van der Waals surface area contributed by atoms with E-state index in [9.17, 15) is 14.7 Å². The van der Waals surface area contributed by atoms with Crippen LogP contribution in [0.1, 0.15) is 31.0 Å². The normalized spacial score (nSPS) is 15.8. The molecule has 0 aliphatic carbocycles. The van der Waals surface area contributed by atoms with Gasteiger partial charge in [0, 0.05) is 4.47 Å². The van der Waals surface area contributed by atoms with Gasteiger partial charge in [-0.25, -0.2) is 9.79 Å². The van der Waals surface area contributed by atoms with Crippen molar-refractivity contribution in [2.75, 3.05) is 13.7 Å². The molecule has 9 heteroatoms. The zero-order valence-electron chi connectivity index (χ0n) is 18.2. The van der Waals surface area contributed by atoms with E-state index in [-0.39, 0.29) is 11.3 Å². The van der Waals surface area contributed by atoms with Crippen LogP contribution in [0.15, 0.2) is 68.0 Å². The van der Waals surface area contributed by atoms with E-state index < -0.39 is 12.0 Å². The summed E-state index contributed by atoms with van der Waals surface area (Å²) < 4.78 is 13.1. The lowest BCUT2D eigenvalue weighted by Crippen LogP contribution is -2.39. The molecule has 0 saturated heterocycles. The summed E-state index contributed by atoms with van der Waals surface area (Å²) >= 11 is 4.67. The van der Waals surface area contributed by atoms with Crippen molar-refractivity contribution in [3.63, 3.8) is 0 Å². The van der Waals surface area contributed by atoms with E-state index in [2.05, 4.69) is 20.9 Å². The fraction of sp³-hybridized carbons (Fsp3) is 0.208. The summed E-state index contributed by atoms with van der Waals surface area (Å²) in [6.45, 7) is 3.96. The lowest BCUT2D eigenvalue weighted by molar-refractivity contribution is -0.136. The lowest BCUT2D eigenvalue weighted by Gasteiger charge is -2.24. The zero-order chi connectivity index (χ0) is 23.7. The molecule has 1 unspecified atom stereocenters. The van der Waals surface area contributed by atoms with Crippen LogP contribution in [0.4, 0.5) is 0 Å². The molecule has 0 amide bonds. The Hall–Kier alpha value is -3.17. The summed E-state index contributed by atoms with van der Waals surface area (Å²) in [5.41, 5.74) is 2.01. The second kappa shape index (κ2) is 9.36. The highest BCUT2D eigenvalue weighted by atomic mass is 79.9. The fourth-order valence-corrected chi connectivity index (χ4v) is 5.21. The number of thiazole rings is 1. The van der Waals surface area contributed by atoms with E-state index in [1.165, 1.54) is 29.1 Å². The fourth-order valence-electron chi connectivity index (χ4n) is 3.72. The minimum absolute atomic E-state index is 0.00440. The van der Waals surface area contributed by atoms with Gasteiger partial charge in [-0.3, -0.25) is 9.36 Å². The third-order valence-corrected chi connectivity index (χ3v) is 6.88. The van der Waals surface area contributed by atoms with E-state index in [1.807, 2.05) is 37.3 Å². The number of aromatic hydroxyl groups is 1. The molecule has 1 aliphatic heterocycles. The van der Waals surface area contributed by atoms with Crippen LogP contribution in [0.2, 0.25) is 0 Å². The van der Waals surface area contributed by atoms with Crippen LogP contribution >= 0.6 is 27.3 Å². The Kier molecular flexibility index (Phi) is 6.53. The van der Waals surface area contributed by atoms with E-state index >= 15 is 0 Å². The van der Waals surface area contributed by atoms with Gasteiger partial charge in [0.2, 0.25) is 0 Å². The Balaban J connectivity index is 1.95. The molecule has 7 nitrogen and oxygen atoms in total. The standard InChI is InChI=1S/C24H21BrN2O5S/c1-4-32-18-10-15(16(25)12-17(18)28)11-19-22(29)27-21(14-8-6-5-7-9-14)20(23(30)31-3)13(2)26-24(27)33-19/h5-12,21,28H,4H2,1-3H3. The molecular formula is C24H21BrN2O5S. The molecule has 170 valence electrons. The molecular weight excluding hydrogens is 508 g/mol. The number of esters is 1. The van der Waals surface area contributed by atoms with Gasteiger partial charge in [-0.15, -0.1) is 0 Å². The maximum Gasteiger partial charge on any atom is 0.338 e. The molecule has 33 heavy (non-hydrogen) atoms. The van der Waals surface area contributed by atoms with Crippen LogP contribution in [0.3, 0.4) is 0 Å². The van der Waals surface area contributed by atoms with Gasteiger partial charge in [0.05, 0.1) is 35.6 Å². The SMILES string of the molecule is CCOc1cc(C=c2sc3n(c2=O)C(c2ccccc2)C(C(=O)OC)=C(C)N=3)c(Br)cc1O. The van der Waals surface area contributed by atoms with Crippen molar-refractivity contribution in [1.82, 2.24) is 4.57 Å². The Morgan fingerprint density at radius 1 is 1.30 bits per heavy atom. The second-order valence-electron chi connectivity index (χ2n) is 7.26. The van der Waals surface area contributed by atoms with Gasteiger partial charge >= 0.3 is 5.97 Å². The molecule has 2 aromatic carbocycles. The molecule has 4 rings (SSSR count). The maximum absolute atomic E-state index is 13.6. The van der Waals surface area contributed by atoms with Gasteiger partial charge in [-0.05, 0) is 43.2 Å². The summed E-state index contributed by atoms with van der Waals surface area (Å²) in [6.07, 6.45) is 1.72. The number of hydrogen-bond acceptors (Lipinski definition) is 7. The first kappa shape index (κ1) is 23.0. The smallest absolute Gasteiger partial charge is 0.338 e. The van der Waals surface area contributed by atoms with E-state index in [1.54, 1.807) is 19.1 Å². The number of nitrogens with zero attached hydrogens (tertiary/aromatic N) is 2. The number of methoxy groups -OCH3 is 1. The Morgan fingerprint density at radius 3 is 2.70 bits per heavy atom. The molecule has 0 fully saturated rings. The predicted octanol–water partition coefficient (Wildman–Crippen LogP) is 3.28. The van der Waals surface area contributed by atoms with Crippen molar-refractivity contribution >= 4 is 39.3 Å². The van der Waals surface area contributed by atoms with Gasteiger partial charge in [0.25, 0.3) is 5.56 Å². The van der Waals surface area contributed by atoms with Gasteiger partial charge in [-0.2, -0.15) is 0 Å². The van der Waals surface area contributed by atoms with Crippen LogP contribution < -0.4 is 19.6 Å². The first-order valence-corrected chi connectivity index (χ1v) is 11.8. The van der Waals surface area contributed by atoms with Crippen LogP contribution in [0.5, 0.6) is 11.5 Å². The number of halogens is 1. The quantitative estimate of drug-likeness (QED) is 0.513. The lowest BCUT2D eigenvalue weighted by atomic mass is 9.96. The average Bonchev–Trinajstić information content (AvgIpc) is 3.10. The molecule has 0 bridgehead atoms. The second-order valence-corrected chi connectivity index (χ2v) is 9.12.